The smallest absolute Gasteiger partial charge is 0.211 e. The molecule has 0 aromatic heterocycles. The van der Waals surface area contributed by atoms with Gasteiger partial charge in [-0.15, -0.1) is 0 Å². The fourth-order valence-electron chi connectivity index (χ4n) is 2.23. The van der Waals surface area contributed by atoms with Crippen LogP contribution in [0.1, 0.15) is 26.2 Å². The molecule has 0 spiro atoms. The van der Waals surface area contributed by atoms with E-state index in [4.69, 9.17) is 5.73 Å². The largest absolute Gasteiger partial charge is 0.330 e. The predicted octanol–water partition coefficient (Wildman–Crippen LogP) is 0.144. The molecular weight excluding hydrogens is 272 g/mol. The lowest BCUT2D eigenvalue weighted by Crippen LogP contribution is -2.41. The van der Waals surface area contributed by atoms with Crippen LogP contribution in [-0.4, -0.2) is 53.8 Å². The number of nitrogens with two attached hydrogens (primary N) is 1. The topological polar surface area (TPSA) is 80.5 Å². The number of hydrogen-bond acceptors (Lipinski definition) is 4. The average molecular weight is 296 g/mol. The van der Waals surface area contributed by atoms with Crippen molar-refractivity contribution in [3.63, 3.8) is 0 Å². The summed E-state index contributed by atoms with van der Waals surface area (Å²) in [6.45, 7) is 3.60. The predicted molar refractivity (Wildman–Crippen MR) is 75.3 cm³/mol. The van der Waals surface area contributed by atoms with Gasteiger partial charge >= 0.3 is 0 Å². The molecule has 3 atom stereocenters. The van der Waals surface area contributed by atoms with Crippen LogP contribution in [0.15, 0.2) is 0 Å². The fraction of sp³-hybridized carbons (Fsp3) is 1.00. The fourth-order valence-corrected chi connectivity index (χ4v) is 4.63. The van der Waals surface area contributed by atoms with Crippen LogP contribution in [0.3, 0.4) is 0 Å². The van der Waals surface area contributed by atoms with Gasteiger partial charge in [0, 0.05) is 34.9 Å². The second-order valence-corrected chi connectivity index (χ2v) is 8.95. The number of sulfonamides is 1. The Bertz CT molecular complexity index is 384. The van der Waals surface area contributed by atoms with Crippen molar-refractivity contribution >= 4 is 20.8 Å². The molecule has 1 aliphatic heterocycles. The molecule has 1 aliphatic rings. The van der Waals surface area contributed by atoms with Gasteiger partial charge in [-0.25, -0.2) is 12.7 Å². The van der Waals surface area contributed by atoms with E-state index in [9.17, 15) is 12.6 Å². The van der Waals surface area contributed by atoms with Crippen LogP contribution in [0, 0.1) is 5.92 Å². The normalized spacial score (nSPS) is 25.8. The summed E-state index contributed by atoms with van der Waals surface area (Å²) in [5.41, 5.74) is 5.46. The highest BCUT2D eigenvalue weighted by Gasteiger charge is 2.27. The molecule has 0 saturated carbocycles. The van der Waals surface area contributed by atoms with Gasteiger partial charge in [-0.1, -0.05) is 6.92 Å². The molecule has 0 bridgehead atoms. The Labute approximate surface area is 113 Å². The van der Waals surface area contributed by atoms with Crippen LogP contribution in [0.4, 0.5) is 0 Å². The van der Waals surface area contributed by atoms with E-state index < -0.39 is 20.8 Å². The maximum Gasteiger partial charge on any atom is 0.211 e. The minimum atomic E-state index is -3.11. The van der Waals surface area contributed by atoms with Gasteiger partial charge in [0.2, 0.25) is 10.0 Å². The molecule has 5 nitrogen and oxygen atoms in total. The highest BCUT2D eigenvalue weighted by atomic mass is 32.2. The molecule has 0 radical (unpaired) electrons. The lowest BCUT2D eigenvalue weighted by atomic mass is 10.0. The van der Waals surface area contributed by atoms with Crippen LogP contribution >= 0.6 is 0 Å². The van der Waals surface area contributed by atoms with Gasteiger partial charge in [0.15, 0.2) is 0 Å². The van der Waals surface area contributed by atoms with Crippen molar-refractivity contribution in [2.24, 2.45) is 11.7 Å². The van der Waals surface area contributed by atoms with Crippen molar-refractivity contribution in [1.29, 1.82) is 0 Å². The minimum absolute atomic E-state index is 0.101. The SMILES string of the molecule is CC(CCN)S(=O)CC1CCCN(S(C)(=O)=O)C1. The maximum atomic E-state index is 12.0. The van der Waals surface area contributed by atoms with Crippen LogP contribution < -0.4 is 5.73 Å². The molecule has 3 unspecified atom stereocenters. The molecule has 0 amide bonds. The Hall–Kier alpha value is 0.0200. The van der Waals surface area contributed by atoms with Gasteiger partial charge in [0.1, 0.15) is 0 Å². The third-order valence-corrected chi connectivity index (χ3v) is 6.58. The summed E-state index contributed by atoms with van der Waals surface area (Å²) in [4.78, 5) is 0. The highest BCUT2D eigenvalue weighted by molar-refractivity contribution is 7.88. The van der Waals surface area contributed by atoms with Crippen molar-refractivity contribution in [3.05, 3.63) is 0 Å². The summed E-state index contributed by atoms with van der Waals surface area (Å²) < 4.78 is 36.5. The first-order valence-electron chi connectivity index (χ1n) is 6.37. The zero-order chi connectivity index (χ0) is 13.8. The molecule has 2 N–H and O–H groups in total. The molecule has 18 heavy (non-hydrogen) atoms. The van der Waals surface area contributed by atoms with Crippen molar-refractivity contribution < 1.29 is 12.6 Å². The van der Waals surface area contributed by atoms with Gasteiger partial charge in [-0.3, -0.25) is 4.21 Å². The Morgan fingerprint density at radius 2 is 2.17 bits per heavy atom. The van der Waals surface area contributed by atoms with Gasteiger partial charge in [-0.2, -0.15) is 0 Å². The van der Waals surface area contributed by atoms with Crippen molar-refractivity contribution in [1.82, 2.24) is 4.31 Å². The summed E-state index contributed by atoms with van der Waals surface area (Å²) in [7, 11) is -4.02. The molecule has 0 aliphatic carbocycles. The van der Waals surface area contributed by atoms with Gasteiger partial charge in [0.25, 0.3) is 0 Å². The summed E-state index contributed by atoms with van der Waals surface area (Å²) in [5, 5.41) is 0.101. The standard InChI is InChI=1S/C11H24N2O3S2/c1-10(5-6-12)17(14)9-11-4-3-7-13(8-11)18(2,15)16/h10-11H,3-9,12H2,1-2H3. The first kappa shape index (κ1) is 16.1. The van der Waals surface area contributed by atoms with Gasteiger partial charge in [-0.05, 0) is 31.7 Å². The summed E-state index contributed by atoms with van der Waals surface area (Å²) in [6, 6.07) is 0. The minimum Gasteiger partial charge on any atom is -0.330 e. The summed E-state index contributed by atoms with van der Waals surface area (Å²) in [5.74, 6) is 0.808. The Balaban J connectivity index is 2.50. The summed E-state index contributed by atoms with van der Waals surface area (Å²) >= 11 is 0. The number of piperidine rings is 1. The molecule has 0 aromatic carbocycles. The number of rotatable bonds is 6. The molecule has 0 aromatic rings. The highest BCUT2D eigenvalue weighted by Crippen LogP contribution is 2.20. The Kier molecular flexibility index (Phi) is 6.23. The van der Waals surface area contributed by atoms with Gasteiger partial charge in [0.05, 0.1) is 6.26 Å². The second-order valence-electron chi connectivity index (χ2n) is 5.06. The number of hydrogen-bond donors (Lipinski definition) is 1. The Morgan fingerprint density at radius 3 is 2.72 bits per heavy atom. The molecular formula is C11H24N2O3S2. The number of nitrogens with zero attached hydrogens (tertiary/aromatic N) is 1. The van der Waals surface area contributed by atoms with Crippen LogP contribution in [0.2, 0.25) is 0 Å². The van der Waals surface area contributed by atoms with E-state index in [2.05, 4.69) is 0 Å². The Morgan fingerprint density at radius 1 is 1.50 bits per heavy atom. The van der Waals surface area contributed by atoms with E-state index in [1.165, 1.54) is 10.6 Å². The molecule has 1 rings (SSSR count). The van der Waals surface area contributed by atoms with E-state index in [0.717, 1.165) is 19.3 Å². The van der Waals surface area contributed by atoms with Crippen molar-refractivity contribution in [3.8, 4) is 0 Å². The molecule has 7 heteroatoms. The van der Waals surface area contributed by atoms with E-state index >= 15 is 0 Å². The first-order chi connectivity index (χ1) is 8.34. The quantitative estimate of drug-likeness (QED) is 0.756. The van der Waals surface area contributed by atoms with Crippen molar-refractivity contribution in [2.45, 2.75) is 31.4 Å². The molecule has 1 heterocycles. The lowest BCUT2D eigenvalue weighted by molar-refractivity contribution is 0.285. The van der Waals surface area contributed by atoms with E-state index in [1.807, 2.05) is 6.92 Å². The van der Waals surface area contributed by atoms with Gasteiger partial charge < -0.3 is 5.73 Å². The van der Waals surface area contributed by atoms with Crippen LogP contribution in [0.5, 0.6) is 0 Å². The maximum absolute atomic E-state index is 12.0. The van der Waals surface area contributed by atoms with E-state index in [-0.39, 0.29) is 11.2 Å². The molecule has 1 fully saturated rings. The zero-order valence-corrected chi connectivity index (χ0v) is 12.8. The zero-order valence-electron chi connectivity index (χ0n) is 11.2. The van der Waals surface area contributed by atoms with E-state index in [0.29, 0.717) is 25.4 Å². The van der Waals surface area contributed by atoms with Crippen LogP contribution in [0.25, 0.3) is 0 Å². The third kappa shape index (κ3) is 4.95. The average Bonchev–Trinajstić information content (AvgIpc) is 2.28. The molecule has 108 valence electrons. The molecule has 1 saturated heterocycles. The lowest BCUT2D eigenvalue weighted by Gasteiger charge is -2.31. The van der Waals surface area contributed by atoms with Crippen molar-refractivity contribution in [2.75, 3.05) is 31.6 Å². The summed E-state index contributed by atoms with van der Waals surface area (Å²) in [6.07, 6.45) is 3.83. The first-order valence-corrected chi connectivity index (χ1v) is 9.60. The van der Waals surface area contributed by atoms with Crippen LogP contribution in [-0.2, 0) is 20.8 Å². The third-order valence-electron chi connectivity index (χ3n) is 3.37. The second kappa shape index (κ2) is 6.98. The monoisotopic (exact) mass is 296 g/mol. The van der Waals surface area contributed by atoms with E-state index in [1.54, 1.807) is 0 Å².